The number of carbonyl (C=O) groups excluding carboxylic acids is 2. The van der Waals surface area contributed by atoms with Crippen molar-refractivity contribution >= 4 is 11.8 Å². The molecule has 0 aliphatic carbocycles. The van der Waals surface area contributed by atoms with Crippen LogP contribution in [0.15, 0.2) is 11.6 Å². The molecule has 1 atom stereocenters. The third kappa shape index (κ3) is 3.58. The molecular weight excluding hydrogens is 240 g/mol. The van der Waals surface area contributed by atoms with Crippen molar-refractivity contribution in [3.63, 3.8) is 0 Å². The zero-order valence-corrected chi connectivity index (χ0v) is 12.9. The van der Waals surface area contributed by atoms with E-state index in [1.54, 1.807) is 18.7 Å². The molecule has 108 valence electrons. The van der Waals surface area contributed by atoms with Crippen molar-refractivity contribution in [2.24, 2.45) is 5.92 Å². The van der Waals surface area contributed by atoms with E-state index in [-0.39, 0.29) is 17.9 Å². The molecule has 0 bridgehead atoms. The summed E-state index contributed by atoms with van der Waals surface area (Å²) in [6.45, 7) is 12.2. The predicted molar refractivity (Wildman–Crippen MR) is 76.6 cm³/mol. The van der Waals surface area contributed by atoms with Gasteiger partial charge in [-0.05, 0) is 40.0 Å². The van der Waals surface area contributed by atoms with Gasteiger partial charge in [0.1, 0.15) is 11.6 Å². The van der Waals surface area contributed by atoms with Crippen LogP contribution in [0.3, 0.4) is 0 Å². The average molecular weight is 266 g/mol. The lowest BCUT2D eigenvalue weighted by atomic mass is 9.92. The van der Waals surface area contributed by atoms with Crippen LogP contribution in [0.2, 0.25) is 0 Å². The summed E-state index contributed by atoms with van der Waals surface area (Å²) in [6, 6.07) is -0.383. The van der Waals surface area contributed by atoms with Crippen molar-refractivity contribution in [1.82, 2.24) is 10.2 Å². The topological polar surface area (TPSA) is 49.4 Å². The fourth-order valence-corrected chi connectivity index (χ4v) is 2.21. The Morgan fingerprint density at radius 1 is 1.37 bits per heavy atom. The van der Waals surface area contributed by atoms with Crippen molar-refractivity contribution in [3.8, 4) is 0 Å². The van der Waals surface area contributed by atoms with E-state index in [0.717, 1.165) is 5.57 Å². The number of amides is 2. The van der Waals surface area contributed by atoms with Gasteiger partial charge in [0.25, 0.3) is 0 Å². The van der Waals surface area contributed by atoms with Crippen LogP contribution >= 0.6 is 0 Å². The first-order valence-corrected chi connectivity index (χ1v) is 6.92. The lowest BCUT2D eigenvalue weighted by molar-refractivity contribution is -0.154. The zero-order chi connectivity index (χ0) is 14.8. The lowest BCUT2D eigenvalue weighted by Crippen LogP contribution is -2.68. The van der Waals surface area contributed by atoms with E-state index in [9.17, 15) is 9.59 Å². The molecule has 1 N–H and O–H groups in total. The fraction of sp³-hybridized carbons (Fsp3) is 0.733. The minimum absolute atomic E-state index is 0.0239. The van der Waals surface area contributed by atoms with Crippen molar-refractivity contribution < 1.29 is 9.59 Å². The summed E-state index contributed by atoms with van der Waals surface area (Å²) in [7, 11) is 0. The molecule has 0 radical (unpaired) electrons. The average Bonchev–Trinajstić information content (AvgIpc) is 2.24. The van der Waals surface area contributed by atoms with Gasteiger partial charge < -0.3 is 10.2 Å². The van der Waals surface area contributed by atoms with Gasteiger partial charge >= 0.3 is 0 Å². The molecule has 1 saturated heterocycles. The quantitative estimate of drug-likeness (QED) is 0.792. The summed E-state index contributed by atoms with van der Waals surface area (Å²) in [5.41, 5.74) is 0.367. The van der Waals surface area contributed by atoms with E-state index in [0.29, 0.717) is 18.9 Å². The van der Waals surface area contributed by atoms with E-state index in [1.165, 1.54) is 0 Å². The first-order chi connectivity index (χ1) is 8.66. The molecule has 1 aliphatic rings. The Bertz CT molecular complexity index is 393. The summed E-state index contributed by atoms with van der Waals surface area (Å²) in [5.74, 6) is 0.330. The standard InChI is InChI=1S/C15H26N2O2/c1-10(2)7-8-17-13(18)12(9-11(3)4)16-14(19)15(17,5)6/h7,11-12H,8-9H2,1-6H3,(H,16,19). The third-order valence-electron chi connectivity index (χ3n) is 3.49. The van der Waals surface area contributed by atoms with E-state index in [1.807, 2.05) is 19.9 Å². The molecule has 4 nitrogen and oxygen atoms in total. The fourth-order valence-electron chi connectivity index (χ4n) is 2.21. The molecule has 0 aromatic carbocycles. The lowest BCUT2D eigenvalue weighted by Gasteiger charge is -2.44. The van der Waals surface area contributed by atoms with Crippen LogP contribution in [0.25, 0.3) is 0 Å². The first kappa shape index (κ1) is 15.7. The van der Waals surface area contributed by atoms with Gasteiger partial charge in [-0.2, -0.15) is 0 Å². The van der Waals surface area contributed by atoms with Crippen molar-refractivity contribution in [2.75, 3.05) is 6.54 Å². The molecule has 2 amide bonds. The zero-order valence-electron chi connectivity index (χ0n) is 12.9. The van der Waals surface area contributed by atoms with Gasteiger partial charge in [0.15, 0.2) is 0 Å². The normalized spacial score (nSPS) is 22.5. The Hall–Kier alpha value is -1.32. The molecular formula is C15H26N2O2. The number of hydrogen-bond donors (Lipinski definition) is 1. The number of piperazine rings is 1. The number of allylic oxidation sites excluding steroid dienone is 1. The molecule has 0 spiro atoms. The van der Waals surface area contributed by atoms with Crippen LogP contribution in [0, 0.1) is 5.92 Å². The van der Waals surface area contributed by atoms with Gasteiger partial charge in [0, 0.05) is 6.54 Å². The molecule has 19 heavy (non-hydrogen) atoms. The number of rotatable bonds is 4. The molecule has 1 fully saturated rings. The first-order valence-electron chi connectivity index (χ1n) is 6.92. The summed E-state index contributed by atoms with van der Waals surface area (Å²) < 4.78 is 0. The maximum atomic E-state index is 12.5. The largest absolute Gasteiger partial charge is 0.342 e. The third-order valence-corrected chi connectivity index (χ3v) is 3.49. The highest BCUT2D eigenvalue weighted by Crippen LogP contribution is 2.23. The minimum atomic E-state index is -0.781. The van der Waals surface area contributed by atoms with Gasteiger partial charge in [0.2, 0.25) is 11.8 Å². The van der Waals surface area contributed by atoms with Crippen LogP contribution in [0.5, 0.6) is 0 Å². The van der Waals surface area contributed by atoms with Crippen molar-refractivity contribution in [1.29, 1.82) is 0 Å². The SMILES string of the molecule is CC(C)=CCN1C(=O)C(CC(C)C)NC(=O)C1(C)C. The smallest absolute Gasteiger partial charge is 0.246 e. The molecule has 0 aromatic rings. The summed E-state index contributed by atoms with van der Waals surface area (Å²) >= 11 is 0. The minimum Gasteiger partial charge on any atom is -0.342 e. The summed E-state index contributed by atoms with van der Waals surface area (Å²) in [4.78, 5) is 26.4. The van der Waals surface area contributed by atoms with E-state index in [4.69, 9.17) is 0 Å². The van der Waals surface area contributed by atoms with Crippen LogP contribution in [0.1, 0.15) is 48.0 Å². The van der Waals surface area contributed by atoms with Crippen molar-refractivity contribution in [2.45, 2.75) is 59.5 Å². The molecule has 0 saturated carbocycles. The Morgan fingerprint density at radius 3 is 2.42 bits per heavy atom. The highest BCUT2D eigenvalue weighted by atomic mass is 16.2. The molecule has 1 rings (SSSR count). The Kier molecular flexibility index (Phi) is 4.77. The van der Waals surface area contributed by atoms with Gasteiger partial charge in [0.05, 0.1) is 0 Å². The van der Waals surface area contributed by atoms with Crippen LogP contribution in [0.4, 0.5) is 0 Å². The van der Waals surface area contributed by atoms with E-state index in [2.05, 4.69) is 19.2 Å². The van der Waals surface area contributed by atoms with Crippen LogP contribution in [-0.4, -0.2) is 34.8 Å². The maximum absolute atomic E-state index is 12.5. The molecule has 1 unspecified atom stereocenters. The highest BCUT2D eigenvalue weighted by Gasteiger charge is 2.45. The second-order valence-electron chi connectivity index (χ2n) is 6.44. The van der Waals surface area contributed by atoms with Crippen LogP contribution < -0.4 is 5.32 Å². The number of hydrogen-bond acceptors (Lipinski definition) is 2. The second-order valence-corrected chi connectivity index (χ2v) is 6.44. The number of nitrogens with one attached hydrogen (secondary N) is 1. The number of carbonyl (C=O) groups is 2. The summed E-state index contributed by atoms with van der Waals surface area (Å²) in [6.07, 6.45) is 2.68. The molecule has 4 heteroatoms. The van der Waals surface area contributed by atoms with Gasteiger partial charge in [-0.25, -0.2) is 0 Å². The summed E-state index contributed by atoms with van der Waals surface area (Å²) in [5, 5.41) is 2.85. The van der Waals surface area contributed by atoms with Gasteiger partial charge in [-0.15, -0.1) is 0 Å². The van der Waals surface area contributed by atoms with Gasteiger partial charge in [-0.1, -0.05) is 25.5 Å². The molecule has 1 heterocycles. The monoisotopic (exact) mass is 266 g/mol. The Morgan fingerprint density at radius 2 is 1.95 bits per heavy atom. The highest BCUT2D eigenvalue weighted by molar-refractivity contribution is 5.99. The maximum Gasteiger partial charge on any atom is 0.246 e. The molecule has 1 aliphatic heterocycles. The Balaban J connectivity index is 2.96. The number of nitrogens with zero attached hydrogens (tertiary/aromatic N) is 1. The van der Waals surface area contributed by atoms with E-state index < -0.39 is 5.54 Å². The van der Waals surface area contributed by atoms with Crippen LogP contribution in [-0.2, 0) is 9.59 Å². The molecule has 0 aromatic heterocycles. The van der Waals surface area contributed by atoms with Gasteiger partial charge in [-0.3, -0.25) is 9.59 Å². The Labute approximate surface area is 116 Å². The van der Waals surface area contributed by atoms with E-state index >= 15 is 0 Å². The van der Waals surface area contributed by atoms with Crippen molar-refractivity contribution in [3.05, 3.63) is 11.6 Å². The predicted octanol–water partition coefficient (Wildman–Crippen LogP) is 2.10. The second kappa shape index (κ2) is 5.76.